The summed E-state index contributed by atoms with van der Waals surface area (Å²) in [6, 6.07) is 17.4. The van der Waals surface area contributed by atoms with Gasteiger partial charge in [0.05, 0.1) is 22.1 Å². The minimum atomic E-state index is -1.07. The molecule has 0 unspecified atom stereocenters. The molecule has 7 heteroatoms. The summed E-state index contributed by atoms with van der Waals surface area (Å²) in [7, 11) is 0. The lowest BCUT2D eigenvalue weighted by molar-refractivity contribution is -0.118. The van der Waals surface area contributed by atoms with Crippen LogP contribution in [-0.2, 0) is 11.2 Å². The molecule has 0 heterocycles. The third-order valence-corrected chi connectivity index (χ3v) is 5.86. The van der Waals surface area contributed by atoms with E-state index in [1.807, 2.05) is 30.3 Å². The summed E-state index contributed by atoms with van der Waals surface area (Å²) in [4.78, 5) is 24.3. The van der Waals surface area contributed by atoms with E-state index in [1.165, 1.54) is 36.4 Å². The molecule has 0 aliphatic carbocycles. The van der Waals surface area contributed by atoms with Gasteiger partial charge in [-0.1, -0.05) is 66.7 Å². The number of amides is 1. The van der Waals surface area contributed by atoms with Crippen molar-refractivity contribution in [3.63, 3.8) is 0 Å². The molecule has 36 heavy (non-hydrogen) atoms. The number of aromatic carboxylic acids is 1. The van der Waals surface area contributed by atoms with E-state index in [4.69, 9.17) is 16.7 Å². The standard InChI is InChI=1S/C29H24ClF2NO3/c1-3-20(26-25(31)16-15-24(30)27(26)32)10-9-18(2)23(17-19-7-5-4-6-8-19)28(34)33-22-13-11-21(12-14-22)29(35)36/h3-16,23H,2,17H2,1H3,(H,33,34)(H,35,36)/b10-9-,20-3+/t23-/m0/s1. The number of allylic oxidation sites excluding steroid dienone is 4. The van der Waals surface area contributed by atoms with Crippen LogP contribution in [0.4, 0.5) is 14.5 Å². The second kappa shape index (κ2) is 12.1. The number of rotatable bonds is 9. The van der Waals surface area contributed by atoms with E-state index in [0.29, 0.717) is 17.7 Å². The summed E-state index contributed by atoms with van der Waals surface area (Å²) in [5.74, 6) is -3.78. The number of benzene rings is 3. The van der Waals surface area contributed by atoms with Gasteiger partial charge in [-0.05, 0) is 66.5 Å². The van der Waals surface area contributed by atoms with Crippen LogP contribution in [0.2, 0.25) is 5.02 Å². The van der Waals surface area contributed by atoms with Crippen molar-refractivity contribution in [3.8, 4) is 0 Å². The van der Waals surface area contributed by atoms with Crippen LogP contribution in [-0.4, -0.2) is 17.0 Å². The van der Waals surface area contributed by atoms with Gasteiger partial charge in [-0.15, -0.1) is 0 Å². The van der Waals surface area contributed by atoms with Crippen LogP contribution in [0.15, 0.2) is 97.1 Å². The van der Waals surface area contributed by atoms with Gasteiger partial charge in [-0.25, -0.2) is 13.6 Å². The zero-order chi connectivity index (χ0) is 26.2. The molecule has 1 amide bonds. The van der Waals surface area contributed by atoms with E-state index < -0.39 is 23.5 Å². The smallest absolute Gasteiger partial charge is 0.335 e. The van der Waals surface area contributed by atoms with E-state index in [0.717, 1.165) is 17.7 Å². The van der Waals surface area contributed by atoms with Gasteiger partial charge < -0.3 is 10.4 Å². The lowest BCUT2D eigenvalue weighted by atomic mass is 9.90. The van der Waals surface area contributed by atoms with Crippen LogP contribution in [0.3, 0.4) is 0 Å². The zero-order valence-corrected chi connectivity index (χ0v) is 20.2. The minimum Gasteiger partial charge on any atom is -0.478 e. The summed E-state index contributed by atoms with van der Waals surface area (Å²) in [6.07, 6.45) is 4.91. The summed E-state index contributed by atoms with van der Waals surface area (Å²) >= 11 is 5.84. The van der Waals surface area contributed by atoms with Crippen molar-refractivity contribution in [1.29, 1.82) is 0 Å². The first-order valence-corrected chi connectivity index (χ1v) is 11.4. The molecular weight excluding hydrogens is 484 g/mol. The molecule has 0 radical (unpaired) electrons. The maximum Gasteiger partial charge on any atom is 0.335 e. The number of nitrogens with one attached hydrogen (secondary N) is 1. The molecule has 3 rings (SSSR count). The highest BCUT2D eigenvalue weighted by Crippen LogP contribution is 2.29. The monoisotopic (exact) mass is 507 g/mol. The van der Waals surface area contributed by atoms with Gasteiger partial charge in [0.15, 0.2) is 5.82 Å². The SMILES string of the molecule is C=C(/C=C\C(=C/C)c1c(F)ccc(Cl)c1F)[C@H](Cc1ccccc1)C(=O)Nc1ccc(C(=O)O)cc1. The number of carbonyl (C=O) groups is 2. The van der Waals surface area contributed by atoms with E-state index >= 15 is 0 Å². The van der Waals surface area contributed by atoms with E-state index in [1.54, 1.807) is 13.0 Å². The van der Waals surface area contributed by atoms with E-state index in [9.17, 15) is 18.4 Å². The number of carboxylic acid groups (broad SMARTS) is 1. The molecule has 0 aliphatic heterocycles. The summed E-state index contributed by atoms with van der Waals surface area (Å²) in [6.45, 7) is 5.68. The van der Waals surface area contributed by atoms with Gasteiger partial charge in [-0.3, -0.25) is 4.79 Å². The zero-order valence-electron chi connectivity index (χ0n) is 19.5. The number of carboxylic acids is 1. The number of carbonyl (C=O) groups excluding carboxylic acids is 1. The van der Waals surface area contributed by atoms with Crippen LogP contribution in [0.1, 0.15) is 28.4 Å². The Morgan fingerprint density at radius 1 is 1.03 bits per heavy atom. The molecule has 3 aromatic carbocycles. The van der Waals surface area contributed by atoms with Gasteiger partial charge in [0.2, 0.25) is 5.91 Å². The van der Waals surface area contributed by atoms with Gasteiger partial charge >= 0.3 is 5.97 Å². The normalized spacial score (nSPS) is 12.4. The lowest BCUT2D eigenvalue weighted by Crippen LogP contribution is -2.25. The molecule has 0 aliphatic rings. The van der Waals surface area contributed by atoms with Gasteiger partial charge in [0.25, 0.3) is 0 Å². The average molecular weight is 508 g/mol. The molecule has 0 fully saturated rings. The van der Waals surface area contributed by atoms with Gasteiger partial charge in [-0.2, -0.15) is 0 Å². The Kier molecular flexibility index (Phi) is 8.92. The Hall–Kier alpha value is -4.03. The van der Waals surface area contributed by atoms with E-state index in [-0.39, 0.29) is 27.6 Å². The predicted octanol–water partition coefficient (Wildman–Crippen LogP) is 7.33. The Morgan fingerprint density at radius 2 is 1.69 bits per heavy atom. The van der Waals surface area contributed by atoms with Crippen LogP contribution >= 0.6 is 11.6 Å². The van der Waals surface area contributed by atoms with Crippen LogP contribution in [0.25, 0.3) is 5.57 Å². The number of hydrogen-bond acceptors (Lipinski definition) is 2. The molecule has 184 valence electrons. The maximum atomic E-state index is 14.5. The number of halogens is 3. The van der Waals surface area contributed by atoms with Crippen LogP contribution in [0.5, 0.6) is 0 Å². The molecule has 4 nitrogen and oxygen atoms in total. The Morgan fingerprint density at radius 3 is 2.31 bits per heavy atom. The third kappa shape index (κ3) is 6.55. The summed E-state index contributed by atoms with van der Waals surface area (Å²) in [5, 5.41) is 11.7. The lowest BCUT2D eigenvalue weighted by Gasteiger charge is -2.18. The van der Waals surface area contributed by atoms with Crippen molar-refractivity contribution < 1.29 is 23.5 Å². The fourth-order valence-electron chi connectivity index (χ4n) is 3.60. The third-order valence-electron chi connectivity index (χ3n) is 5.57. The Labute approximate surface area is 213 Å². The van der Waals surface area contributed by atoms with Crippen molar-refractivity contribution in [2.75, 3.05) is 5.32 Å². The molecule has 0 spiro atoms. The van der Waals surface area contributed by atoms with E-state index in [2.05, 4.69) is 11.9 Å². The first kappa shape index (κ1) is 26.6. The van der Waals surface area contributed by atoms with Crippen molar-refractivity contribution >= 4 is 34.7 Å². The molecule has 2 N–H and O–H groups in total. The van der Waals surface area contributed by atoms with Gasteiger partial charge in [0, 0.05) is 5.69 Å². The van der Waals surface area contributed by atoms with Gasteiger partial charge in [0.1, 0.15) is 5.82 Å². The molecule has 0 saturated heterocycles. The molecular formula is C29H24ClF2NO3. The summed E-state index contributed by atoms with van der Waals surface area (Å²) < 4.78 is 28.9. The van der Waals surface area contributed by atoms with Crippen molar-refractivity contribution in [2.45, 2.75) is 13.3 Å². The summed E-state index contributed by atoms with van der Waals surface area (Å²) in [5.41, 5.74) is 1.82. The van der Waals surface area contributed by atoms with Crippen molar-refractivity contribution in [3.05, 3.63) is 130 Å². The second-order valence-corrected chi connectivity index (χ2v) is 8.39. The quantitative estimate of drug-likeness (QED) is 0.235. The molecule has 0 bridgehead atoms. The predicted molar refractivity (Wildman–Crippen MR) is 139 cm³/mol. The number of hydrogen-bond donors (Lipinski definition) is 2. The minimum absolute atomic E-state index is 0.0977. The highest BCUT2D eigenvalue weighted by Gasteiger charge is 2.22. The van der Waals surface area contributed by atoms with Crippen LogP contribution < -0.4 is 5.32 Å². The highest BCUT2D eigenvalue weighted by atomic mass is 35.5. The topological polar surface area (TPSA) is 66.4 Å². The average Bonchev–Trinajstić information content (AvgIpc) is 2.87. The van der Waals surface area contributed by atoms with Crippen molar-refractivity contribution in [1.82, 2.24) is 0 Å². The maximum absolute atomic E-state index is 14.5. The molecule has 0 aromatic heterocycles. The van der Waals surface area contributed by atoms with Crippen LogP contribution in [0, 0.1) is 17.6 Å². The first-order valence-electron chi connectivity index (χ1n) is 11.1. The fourth-order valence-corrected chi connectivity index (χ4v) is 3.75. The largest absolute Gasteiger partial charge is 0.478 e. The Balaban J connectivity index is 1.87. The van der Waals surface area contributed by atoms with Crippen molar-refractivity contribution in [2.24, 2.45) is 5.92 Å². The molecule has 3 aromatic rings. The number of anilines is 1. The first-order chi connectivity index (χ1) is 17.2. The molecule has 0 saturated carbocycles. The second-order valence-electron chi connectivity index (χ2n) is 7.98. The fraction of sp³-hybridized carbons (Fsp3) is 0.103. The molecule has 1 atom stereocenters. The Bertz CT molecular complexity index is 1330. The highest BCUT2D eigenvalue weighted by molar-refractivity contribution is 6.31.